The van der Waals surface area contributed by atoms with E-state index in [9.17, 15) is 4.79 Å². The molecule has 0 aliphatic carbocycles. The van der Waals surface area contributed by atoms with Gasteiger partial charge in [0.2, 0.25) is 5.91 Å². The highest BCUT2D eigenvalue weighted by atomic mass is 79.9. The molecule has 23 heavy (non-hydrogen) atoms. The van der Waals surface area contributed by atoms with E-state index in [1.807, 2.05) is 25.1 Å². The maximum absolute atomic E-state index is 11.9. The van der Waals surface area contributed by atoms with Gasteiger partial charge in [0.05, 0.1) is 16.8 Å². The van der Waals surface area contributed by atoms with Crippen molar-refractivity contribution in [3.8, 4) is 5.75 Å². The number of ether oxygens (including phenoxy) is 1. The van der Waals surface area contributed by atoms with Crippen molar-refractivity contribution in [2.45, 2.75) is 6.92 Å². The third-order valence-electron chi connectivity index (χ3n) is 2.89. The third kappa shape index (κ3) is 4.00. The van der Waals surface area contributed by atoms with E-state index in [0.717, 1.165) is 16.0 Å². The second kappa shape index (κ2) is 6.97. The molecule has 5 nitrogen and oxygen atoms in total. The Kier molecular flexibility index (Phi) is 4.78. The molecule has 0 spiro atoms. The van der Waals surface area contributed by atoms with Gasteiger partial charge in [0.1, 0.15) is 11.5 Å². The molecule has 0 atom stereocenters. The zero-order chi connectivity index (χ0) is 16.2. The zero-order valence-corrected chi connectivity index (χ0v) is 14.6. The molecule has 2 heterocycles. The van der Waals surface area contributed by atoms with E-state index >= 15 is 0 Å². The first-order valence-corrected chi connectivity index (χ1v) is 8.53. The molecule has 0 bridgehead atoms. The molecule has 7 heteroatoms. The Bertz CT molecular complexity index is 869. The molecule has 3 aromatic rings. The van der Waals surface area contributed by atoms with Gasteiger partial charge < -0.3 is 9.15 Å². The van der Waals surface area contributed by atoms with E-state index in [-0.39, 0.29) is 5.91 Å². The molecule has 1 aromatic carbocycles. The van der Waals surface area contributed by atoms with Crippen molar-refractivity contribution in [3.05, 3.63) is 46.8 Å². The van der Waals surface area contributed by atoms with E-state index in [2.05, 4.69) is 26.2 Å². The second-order valence-corrected chi connectivity index (χ2v) is 6.36. The summed E-state index contributed by atoms with van der Waals surface area (Å²) in [4.78, 5) is 16.3. The average Bonchev–Trinajstić information content (AvgIpc) is 3.10. The molecule has 0 saturated heterocycles. The summed E-state index contributed by atoms with van der Waals surface area (Å²) in [5, 5.41) is 3.29. The van der Waals surface area contributed by atoms with Gasteiger partial charge in [-0.3, -0.25) is 10.1 Å². The maximum atomic E-state index is 11.9. The van der Waals surface area contributed by atoms with Crippen LogP contribution in [0.2, 0.25) is 0 Å². The molecule has 1 N–H and O–H groups in total. The lowest BCUT2D eigenvalue weighted by atomic mass is 10.3. The van der Waals surface area contributed by atoms with Crippen LogP contribution in [0.25, 0.3) is 16.3 Å². The highest BCUT2D eigenvalue weighted by Gasteiger charge is 2.07. The summed E-state index contributed by atoms with van der Waals surface area (Å²) < 4.78 is 12.3. The Balaban J connectivity index is 1.70. The minimum absolute atomic E-state index is 0.262. The summed E-state index contributed by atoms with van der Waals surface area (Å²) in [5.74, 6) is 1.13. The van der Waals surface area contributed by atoms with Crippen LogP contribution in [0.4, 0.5) is 5.13 Å². The van der Waals surface area contributed by atoms with Crippen LogP contribution in [0.1, 0.15) is 12.7 Å². The Hall–Kier alpha value is -2.12. The Morgan fingerprint density at radius 1 is 1.43 bits per heavy atom. The minimum atomic E-state index is -0.262. The molecule has 3 rings (SSSR count). The van der Waals surface area contributed by atoms with Crippen LogP contribution in [0.5, 0.6) is 5.75 Å². The molecule has 1 amide bonds. The first-order chi connectivity index (χ1) is 11.1. The van der Waals surface area contributed by atoms with Gasteiger partial charge >= 0.3 is 0 Å². The van der Waals surface area contributed by atoms with Crippen LogP contribution in [0, 0.1) is 0 Å². The molecule has 0 radical (unpaired) electrons. The lowest BCUT2D eigenvalue weighted by Gasteiger charge is -2.00. The van der Waals surface area contributed by atoms with Gasteiger partial charge in [-0.1, -0.05) is 11.3 Å². The maximum Gasteiger partial charge on any atom is 0.250 e. The fourth-order valence-electron chi connectivity index (χ4n) is 1.94. The van der Waals surface area contributed by atoms with Crippen LogP contribution in [-0.4, -0.2) is 17.5 Å². The number of nitrogens with one attached hydrogen (secondary N) is 1. The summed E-state index contributed by atoms with van der Waals surface area (Å²) in [6.45, 7) is 2.55. The molecule has 2 aromatic heterocycles. The van der Waals surface area contributed by atoms with Crippen molar-refractivity contribution < 1.29 is 13.9 Å². The van der Waals surface area contributed by atoms with Gasteiger partial charge in [-0.2, -0.15) is 0 Å². The highest BCUT2D eigenvalue weighted by molar-refractivity contribution is 9.10. The number of carbonyl (C=O) groups is 1. The lowest BCUT2D eigenvalue weighted by molar-refractivity contribution is -0.111. The number of thiazole rings is 1. The normalized spacial score (nSPS) is 11.2. The topological polar surface area (TPSA) is 64.4 Å². The summed E-state index contributed by atoms with van der Waals surface area (Å²) in [6, 6.07) is 9.19. The van der Waals surface area contributed by atoms with Crippen molar-refractivity contribution in [2.24, 2.45) is 0 Å². The minimum Gasteiger partial charge on any atom is -0.494 e. The molecule has 0 fully saturated rings. The van der Waals surface area contributed by atoms with Crippen LogP contribution in [0.15, 0.2) is 45.5 Å². The Morgan fingerprint density at radius 2 is 2.30 bits per heavy atom. The number of amides is 1. The molecule has 0 aliphatic rings. The van der Waals surface area contributed by atoms with Crippen molar-refractivity contribution in [3.63, 3.8) is 0 Å². The van der Waals surface area contributed by atoms with Crippen LogP contribution in [-0.2, 0) is 4.79 Å². The van der Waals surface area contributed by atoms with Crippen LogP contribution in [0.3, 0.4) is 0 Å². The number of rotatable bonds is 5. The standard InChI is InChI=1S/C16H13BrN2O3S/c1-2-21-11-3-6-12-13(9-11)23-16(18-12)19-15(20)8-5-10-4-7-14(17)22-10/h3-9H,2H2,1H3,(H,18,19,20)/b8-5+. The highest BCUT2D eigenvalue weighted by Crippen LogP contribution is 2.29. The van der Waals surface area contributed by atoms with Crippen LogP contribution >= 0.6 is 27.3 Å². The van der Waals surface area contributed by atoms with Gasteiger partial charge in [0, 0.05) is 6.08 Å². The van der Waals surface area contributed by atoms with Gasteiger partial charge in [-0.05, 0) is 59.3 Å². The molecular weight excluding hydrogens is 380 g/mol. The van der Waals surface area contributed by atoms with Crippen molar-refractivity contribution >= 4 is 54.6 Å². The van der Waals surface area contributed by atoms with E-state index in [0.29, 0.717) is 22.2 Å². The number of furan rings is 1. The first kappa shape index (κ1) is 15.8. The first-order valence-electron chi connectivity index (χ1n) is 6.92. The number of benzene rings is 1. The molecule has 0 aliphatic heterocycles. The van der Waals surface area contributed by atoms with E-state index in [4.69, 9.17) is 9.15 Å². The predicted molar refractivity (Wildman–Crippen MR) is 94.9 cm³/mol. The summed E-state index contributed by atoms with van der Waals surface area (Å²) in [5.41, 5.74) is 0.827. The molecule has 0 saturated carbocycles. The fraction of sp³-hybridized carbons (Fsp3) is 0.125. The molecular formula is C16H13BrN2O3S. The number of anilines is 1. The van der Waals surface area contributed by atoms with E-state index < -0.39 is 0 Å². The van der Waals surface area contributed by atoms with Crippen molar-refractivity contribution in [1.29, 1.82) is 0 Å². The predicted octanol–water partition coefficient (Wildman–Crippen LogP) is 4.70. The van der Waals surface area contributed by atoms with Crippen molar-refractivity contribution in [1.82, 2.24) is 4.98 Å². The molecule has 118 valence electrons. The number of hydrogen-bond acceptors (Lipinski definition) is 5. The monoisotopic (exact) mass is 392 g/mol. The van der Waals surface area contributed by atoms with Gasteiger partial charge in [-0.25, -0.2) is 4.98 Å². The number of aromatic nitrogens is 1. The van der Waals surface area contributed by atoms with E-state index in [1.54, 1.807) is 18.2 Å². The van der Waals surface area contributed by atoms with Gasteiger partial charge in [0.15, 0.2) is 9.80 Å². The Labute approximate surface area is 145 Å². The van der Waals surface area contributed by atoms with Gasteiger partial charge in [0.25, 0.3) is 0 Å². The number of carbonyl (C=O) groups excluding carboxylic acids is 1. The van der Waals surface area contributed by atoms with Crippen LogP contribution < -0.4 is 10.1 Å². The SMILES string of the molecule is CCOc1ccc2nc(NC(=O)/C=C/c3ccc(Br)o3)sc2c1. The summed E-state index contributed by atoms with van der Waals surface area (Å²) >= 11 is 4.61. The third-order valence-corrected chi connectivity index (χ3v) is 4.25. The average molecular weight is 393 g/mol. The summed E-state index contributed by atoms with van der Waals surface area (Å²) in [7, 11) is 0. The largest absolute Gasteiger partial charge is 0.494 e. The van der Waals surface area contributed by atoms with Crippen molar-refractivity contribution in [2.75, 3.05) is 11.9 Å². The second-order valence-electron chi connectivity index (χ2n) is 4.55. The van der Waals surface area contributed by atoms with E-state index in [1.165, 1.54) is 17.4 Å². The number of nitrogens with zero attached hydrogens (tertiary/aromatic N) is 1. The Morgan fingerprint density at radius 3 is 3.04 bits per heavy atom. The zero-order valence-electron chi connectivity index (χ0n) is 12.2. The summed E-state index contributed by atoms with van der Waals surface area (Å²) in [6.07, 6.45) is 3.00. The number of hydrogen-bond donors (Lipinski definition) is 1. The fourth-order valence-corrected chi connectivity index (χ4v) is 3.15. The molecule has 0 unspecified atom stereocenters. The number of halogens is 1. The number of fused-ring (bicyclic) bond motifs is 1. The van der Waals surface area contributed by atoms with Gasteiger partial charge in [-0.15, -0.1) is 0 Å². The quantitative estimate of drug-likeness (QED) is 0.638. The smallest absolute Gasteiger partial charge is 0.250 e. The lowest BCUT2D eigenvalue weighted by Crippen LogP contribution is -2.07.